The molecule has 0 saturated carbocycles. The highest BCUT2D eigenvalue weighted by Crippen LogP contribution is 2.45. The zero-order valence-electron chi connectivity index (χ0n) is 18.8. The van der Waals surface area contributed by atoms with Crippen molar-refractivity contribution in [1.82, 2.24) is 4.90 Å². The highest BCUT2D eigenvalue weighted by molar-refractivity contribution is 7.92. The number of amides is 1. The lowest BCUT2D eigenvalue weighted by Gasteiger charge is -2.38. The Morgan fingerprint density at radius 1 is 1.21 bits per heavy atom. The van der Waals surface area contributed by atoms with Gasteiger partial charge in [0.2, 0.25) is 15.9 Å². The van der Waals surface area contributed by atoms with Crippen LogP contribution in [-0.4, -0.2) is 58.8 Å². The zero-order chi connectivity index (χ0) is 24.7. The molecule has 1 amide bonds. The number of rotatable bonds is 6. The number of hydrogen-bond acceptors (Lipinski definition) is 6. The molecule has 0 radical (unpaired) electrons. The van der Waals surface area contributed by atoms with E-state index in [1.807, 2.05) is 0 Å². The summed E-state index contributed by atoms with van der Waals surface area (Å²) < 4.78 is 58.0. The van der Waals surface area contributed by atoms with Crippen molar-refractivity contribution in [2.24, 2.45) is 0 Å². The van der Waals surface area contributed by atoms with E-state index in [1.165, 1.54) is 0 Å². The van der Waals surface area contributed by atoms with Crippen LogP contribution in [0.4, 0.5) is 20.2 Å². The zero-order valence-corrected chi connectivity index (χ0v) is 19.6. The van der Waals surface area contributed by atoms with Crippen LogP contribution in [0, 0.1) is 23.0 Å². The van der Waals surface area contributed by atoms with E-state index in [2.05, 4.69) is 16.3 Å². The second-order valence-corrected chi connectivity index (χ2v) is 10.6. The van der Waals surface area contributed by atoms with Crippen LogP contribution in [0.5, 0.6) is 5.75 Å². The van der Waals surface area contributed by atoms with Crippen molar-refractivity contribution >= 4 is 27.3 Å². The van der Waals surface area contributed by atoms with E-state index in [9.17, 15) is 27.3 Å². The van der Waals surface area contributed by atoms with Crippen LogP contribution in [0.3, 0.4) is 0 Å². The topological polar surface area (TPSA) is 103 Å². The number of benzene rings is 2. The normalized spacial score (nSPS) is 17.2. The summed E-state index contributed by atoms with van der Waals surface area (Å²) in [5.41, 5.74) is 0.796. The smallest absolute Gasteiger partial charge is 0.235 e. The summed E-state index contributed by atoms with van der Waals surface area (Å²) in [5, 5.41) is 12.1. The molecule has 2 aliphatic rings. The van der Waals surface area contributed by atoms with Crippen LogP contribution >= 0.6 is 0 Å². The molecule has 1 N–H and O–H groups in total. The molecular weight excluding hydrogens is 466 g/mol. The maximum absolute atomic E-state index is 14.4. The van der Waals surface area contributed by atoms with Gasteiger partial charge in [-0.25, -0.2) is 17.2 Å². The fourth-order valence-electron chi connectivity index (χ4n) is 4.52. The molecule has 1 spiro atoms. The van der Waals surface area contributed by atoms with Gasteiger partial charge in [0, 0.05) is 31.4 Å². The Labute approximate surface area is 196 Å². The molecule has 2 aromatic rings. The predicted octanol–water partition coefficient (Wildman–Crippen LogP) is 2.60. The Hall–Kier alpha value is -3.23. The Kier molecular flexibility index (Phi) is 6.22. The first-order valence-electron chi connectivity index (χ1n) is 10.7. The molecule has 2 aliphatic heterocycles. The van der Waals surface area contributed by atoms with E-state index in [0.29, 0.717) is 42.3 Å². The number of halogens is 2. The number of anilines is 2. The molecule has 0 atom stereocenters. The van der Waals surface area contributed by atoms with Gasteiger partial charge in [-0.1, -0.05) is 0 Å². The summed E-state index contributed by atoms with van der Waals surface area (Å²) in [6.07, 6.45) is 2.02. The summed E-state index contributed by atoms with van der Waals surface area (Å²) in [6, 6.07) is 9.25. The van der Waals surface area contributed by atoms with Gasteiger partial charge in [-0.05, 0) is 49.7 Å². The minimum atomic E-state index is -3.82. The molecule has 34 heavy (non-hydrogen) atoms. The lowest BCUT2D eigenvalue weighted by molar-refractivity contribution is -0.122. The fourth-order valence-corrected chi connectivity index (χ4v) is 5.03. The molecule has 1 fully saturated rings. The Morgan fingerprint density at radius 3 is 2.44 bits per heavy atom. The molecule has 2 aromatic carbocycles. The molecule has 0 aliphatic carbocycles. The molecule has 11 heteroatoms. The van der Waals surface area contributed by atoms with Gasteiger partial charge in [0.1, 0.15) is 18.0 Å². The predicted molar refractivity (Wildman–Crippen MR) is 122 cm³/mol. The minimum Gasteiger partial charge on any atom is -0.492 e. The molecule has 1 saturated heterocycles. The number of nitrogens with one attached hydrogen (secondary N) is 1. The van der Waals surface area contributed by atoms with Crippen molar-refractivity contribution in [3.05, 3.63) is 53.1 Å². The number of sulfonamides is 1. The molecule has 0 aromatic heterocycles. The molecule has 2 heterocycles. The van der Waals surface area contributed by atoms with Crippen LogP contribution in [0.25, 0.3) is 0 Å². The van der Waals surface area contributed by atoms with E-state index >= 15 is 0 Å². The van der Waals surface area contributed by atoms with E-state index in [1.54, 1.807) is 18.2 Å². The number of carbonyl (C=O) groups excluding carboxylic acids is 1. The largest absolute Gasteiger partial charge is 0.492 e. The first kappa shape index (κ1) is 23.9. The molecule has 4 rings (SSSR count). The first-order valence-corrected chi connectivity index (χ1v) is 12.5. The van der Waals surface area contributed by atoms with Gasteiger partial charge in [-0.3, -0.25) is 14.0 Å². The van der Waals surface area contributed by atoms with E-state index < -0.39 is 32.8 Å². The van der Waals surface area contributed by atoms with Crippen molar-refractivity contribution in [2.75, 3.05) is 49.2 Å². The standard InChI is InChI=1S/C23H24F2N4O4S/c1-28(34(2,31)32)21-18(24)12-16(13-19(21)25)33-10-9-29-7-5-23(6-8-29)17-11-15(14-26)3-4-20(17)27-22(23)30/h3-4,11-13H,5-10H2,1-2H3,(H,27,30). The number of nitrogens with zero attached hydrogens (tertiary/aromatic N) is 3. The lowest BCUT2D eigenvalue weighted by Crippen LogP contribution is -2.47. The third kappa shape index (κ3) is 4.31. The van der Waals surface area contributed by atoms with Crippen molar-refractivity contribution < 1.29 is 26.7 Å². The average Bonchev–Trinajstić information content (AvgIpc) is 3.04. The minimum absolute atomic E-state index is 0.0396. The molecular formula is C23H24F2N4O4S. The summed E-state index contributed by atoms with van der Waals surface area (Å²) in [5.74, 6) is -2.17. The Balaban J connectivity index is 1.36. The van der Waals surface area contributed by atoms with Crippen LogP contribution in [0.1, 0.15) is 24.0 Å². The van der Waals surface area contributed by atoms with Crippen LogP contribution in [0.2, 0.25) is 0 Å². The maximum atomic E-state index is 14.4. The SMILES string of the molecule is CN(c1c(F)cc(OCCN2CCC3(CC2)C(=O)Nc2ccc(C#N)cc23)cc1F)S(C)(=O)=O. The van der Waals surface area contributed by atoms with Gasteiger partial charge in [-0.2, -0.15) is 5.26 Å². The number of carbonyl (C=O) groups is 1. The third-order valence-electron chi connectivity index (χ3n) is 6.54. The Morgan fingerprint density at radius 2 is 1.85 bits per heavy atom. The van der Waals surface area contributed by atoms with Gasteiger partial charge in [0.25, 0.3) is 0 Å². The van der Waals surface area contributed by atoms with Crippen LogP contribution in [-0.2, 0) is 20.2 Å². The second kappa shape index (κ2) is 8.85. The van der Waals surface area contributed by atoms with Gasteiger partial charge in [0.05, 0.1) is 23.3 Å². The van der Waals surface area contributed by atoms with Crippen molar-refractivity contribution in [3.8, 4) is 11.8 Å². The van der Waals surface area contributed by atoms with Gasteiger partial charge < -0.3 is 10.1 Å². The van der Waals surface area contributed by atoms with Crippen molar-refractivity contribution in [2.45, 2.75) is 18.3 Å². The summed E-state index contributed by atoms with van der Waals surface area (Å²) in [6.45, 7) is 1.88. The average molecular weight is 491 g/mol. The number of piperidine rings is 1. The van der Waals surface area contributed by atoms with Crippen molar-refractivity contribution in [1.29, 1.82) is 5.26 Å². The van der Waals surface area contributed by atoms with Gasteiger partial charge in [0.15, 0.2) is 11.6 Å². The van der Waals surface area contributed by atoms with E-state index in [-0.39, 0.29) is 18.3 Å². The molecule has 0 bridgehead atoms. The summed E-state index contributed by atoms with van der Waals surface area (Å²) in [7, 11) is -2.75. The lowest BCUT2D eigenvalue weighted by atomic mass is 9.73. The quantitative estimate of drug-likeness (QED) is 0.668. The van der Waals surface area contributed by atoms with E-state index in [4.69, 9.17) is 4.74 Å². The summed E-state index contributed by atoms with van der Waals surface area (Å²) in [4.78, 5) is 14.9. The Bertz CT molecular complexity index is 1260. The fraction of sp³-hybridized carbons (Fsp3) is 0.391. The first-order chi connectivity index (χ1) is 16.0. The number of ether oxygens (including phenoxy) is 1. The maximum Gasteiger partial charge on any atom is 0.235 e. The highest BCUT2D eigenvalue weighted by atomic mass is 32.2. The monoisotopic (exact) mass is 490 g/mol. The molecule has 8 nitrogen and oxygen atoms in total. The van der Waals surface area contributed by atoms with Crippen LogP contribution in [0.15, 0.2) is 30.3 Å². The number of nitriles is 1. The second-order valence-electron chi connectivity index (χ2n) is 8.56. The van der Waals surface area contributed by atoms with Gasteiger partial charge in [-0.15, -0.1) is 0 Å². The molecule has 180 valence electrons. The van der Waals surface area contributed by atoms with Crippen molar-refractivity contribution in [3.63, 3.8) is 0 Å². The highest BCUT2D eigenvalue weighted by Gasteiger charge is 2.48. The van der Waals surface area contributed by atoms with Gasteiger partial charge >= 0.3 is 0 Å². The van der Waals surface area contributed by atoms with E-state index in [0.717, 1.165) is 36.7 Å². The third-order valence-corrected chi connectivity index (χ3v) is 7.71. The van der Waals surface area contributed by atoms with Crippen LogP contribution < -0.4 is 14.4 Å². The number of hydrogen-bond donors (Lipinski definition) is 1. The molecule has 0 unspecified atom stereocenters. The summed E-state index contributed by atoms with van der Waals surface area (Å²) >= 11 is 0. The number of likely N-dealkylation sites (tertiary alicyclic amines) is 1. The number of fused-ring (bicyclic) bond motifs is 2.